The maximum atomic E-state index is 14.1. The summed E-state index contributed by atoms with van der Waals surface area (Å²) < 4.78 is 5.66. The Hall–Kier alpha value is -3.05. The lowest BCUT2D eigenvalue weighted by Gasteiger charge is -2.40. The average molecular weight is 442 g/mol. The van der Waals surface area contributed by atoms with Crippen molar-refractivity contribution in [3.8, 4) is 0 Å². The number of rotatable bonds is 5. The van der Waals surface area contributed by atoms with E-state index in [4.69, 9.17) is 9.72 Å². The van der Waals surface area contributed by atoms with E-state index in [1.54, 1.807) is 0 Å². The summed E-state index contributed by atoms with van der Waals surface area (Å²) in [6, 6.07) is 18.7. The predicted octanol–water partition coefficient (Wildman–Crippen LogP) is 4.79. The third-order valence-electron chi connectivity index (χ3n) is 7.11. The largest absolute Gasteiger partial charge is 0.381 e. The molecule has 2 fully saturated rings. The molecule has 0 saturated carbocycles. The van der Waals surface area contributed by atoms with Crippen LogP contribution in [0.1, 0.15) is 59.8 Å². The first-order chi connectivity index (χ1) is 16.2. The van der Waals surface area contributed by atoms with Gasteiger partial charge in [-0.2, -0.15) is 0 Å². The molecule has 33 heavy (non-hydrogen) atoms. The Morgan fingerprint density at radius 3 is 2.70 bits per heavy atom. The van der Waals surface area contributed by atoms with Gasteiger partial charge in [0.25, 0.3) is 0 Å². The van der Waals surface area contributed by atoms with Crippen molar-refractivity contribution < 1.29 is 9.53 Å². The predicted molar refractivity (Wildman–Crippen MR) is 128 cm³/mol. The number of likely N-dealkylation sites (tertiary alicyclic amines) is 1. The molecule has 1 amide bonds. The molecule has 3 heterocycles. The molecular weight excluding hydrogens is 410 g/mol. The van der Waals surface area contributed by atoms with Gasteiger partial charge in [-0.05, 0) is 43.7 Å². The van der Waals surface area contributed by atoms with Crippen LogP contribution >= 0.6 is 0 Å². The van der Waals surface area contributed by atoms with E-state index in [9.17, 15) is 4.79 Å². The molecular formula is C28H31N3O2. The van der Waals surface area contributed by atoms with E-state index in [-0.39, 0.29) is 11.9 Å². The average Bonchev–Trinajstić information content (AvgIpc) is 3.35. The van der Waals surface area contributed by atoms with Gasteiger partial charge >= 0.3 is 0 Å². The van der Waals surface area contributed by atoms with Crippen LogP contribution in [-0.2, 0) is 21.4 Å². The number of hydrogen-bond acceptors (Lipinski definition) is 4. The van der Waals surface area contributed by atoms with Gasteiger partial charge in [0.15, 0.2) is 0 Å². The Bertz CT molecular complexity index is 1110. The lowest BCUT2D eigenvalue weighted by molar-refractivity contribution is -0.142. The molecule has 5 nitrogen and oxygen atoms in total. The van der Waals surface area contributed by atoms with Gasteiger partial charge < -0.3 is 9.64 Å². The molecule has 0 radical (unpaired) electrons. The molecule has 1 aromatic heterocycles. The zero-order valence-electron chi connectivity index (χ0n) is 19.2. The Morgan fingerprint density at radius 2 is 1.91 bits per heavy atom. The monoisotopic (exact) mass is 441 g/mol. The topological polar surface area (TPSA) is 55.3 Å². The Morgan fingerprint density at radius 1 is 1.09 bits per heavy atom. The number of aryl methyl sites for hydroxylation is 1. The number of ether oxygens (including phenoxy) is 1. The van der Waals surface area contributed by atoms with Gasteiger partial charge in [0.05, 0.1) is 29.0 Å². The maximum Gasteiger partial charge on any atom is 0.233 e. The lowest BCUT2D eigenvalue weighted by atomic mass is 9.73. The summed E-state index contributed by atoms with van der Waals surface area (Å²) >= 11 is 0. The van der Waals surface area contributed by atoms with E-state index in [0.717, 1.165) is 55.6 Å². The molecule has 0 bridgehead atoms. The minimum Gasteiger partial charge on any atom is -0.381 e. The summed E-state index contributed by atoms with van der Waals surface area (Å²) in [6.07, 6.45) is 7.79. The van der Waals surface area contributed by atoms with Gasteiger partial charge in [0, 0.05) is 32.4 Å². The molecule has 170 valence electrons. The SMILES string of the molecule is Cc1cccc(Cc2cncc(C3CCCN3C(=O)C3(c4ccccc4)CCOCC3)n2)c1. The fourth-order valence-electron chi connectivity index (χ4n) is 5.40. The van der Waals surface area contributed by atoms with Crippen molar-refractivity contribution in [2.45, 2.75) is 50.5 Å². The highest BCUT2D eigenvalue weighted by Gasteiger charge is 2.47. The number of aromatic nitrogens is 2. The molecule has 1 unspecified atom stereocenters. The number of benzene rings is 2. The molecule has 0 N–H and O–H groups in total. The van der Waals surface area contributed by atoms with E-state index >= 15 is 0 Å². The third-order valence-corrected chi connectivity index (χ3v) is 7.11. The summed E-state index contributed by atoms with van der Waals surface area (Å²) in [7, 11) is 0. The summed E-state index contributed by atoms with van der Waals surface area (Å²) in [5, 5.41) is 0. The van der Waals surface area contributed by atoms with Gasteiger partial charge in [-0.3, -0.25) is 14.8 Å². The molecule has 2 saturated heterocycles. The molecule has 2 aromatic carbocycles. The van der Waals surface area contributed by atoms with E-state index in [1.807, 2.05) is 30.6 Å². The first-order valence-corrected chi connectivity index (χ1v) is 12.0. The zero-order chi connectivity index (χ0) is 22.7. The van der Waals surface area contributed by atoms with Crippen LogP contribution in [0.25, 0.3) is 0 Å². The van der Waals surface area contributed by atoms with Gasteiger partial charge in [-0.15, -0.1) is 0 Å². The zero-order valence-corrected chi connectivity index (χ0v) is 19.2. The van der Waals surface area contributed by atoms with Crippen LogP contribution in [0, 0.1) is 6.92 Å². The molecule has 0 spiro atoms. The second kappa shape index (κ2) is 9.44. The fourth-order valence-corrected chi connectivity index (χ4v) is 5.40. The van der Waals surface area contributed by atoms with Crippen LogP contribution < -0.4 is 0 Å². The third kappa shape index (κ3) is 4.42. The maximum absolute atomic E-state index is 14.1. The molecule has 5 rings (SSSR count). The van der Waals surface area contributed by atoms with Crippen LogP contribution in [0.3, 0.4) is 0 Å². The van der Waals surface area contributed by atoms with Gasteiger partial charge in [0.1, 0.15) is 0 Å². The van der Waals surface area contributed by atoms with Crippen molar-refractivity contribution >= 4 is 5.91 Å². The summed E-state index contributed by atoms with van der Waals surface area (Å²) in [5.41, 5.74) is 4.90. The Kier molecular flexibility index (Phi) is 6.23. The number of hydrogen-bond donors (Lipinski definition) is 0. The van der Waals surface area contributed by atoms with Crippen LogP contribution in [0.4, 0.5) is 0 Å². The quantitative estimate of drug-likeness (QED) is 0.571. The minimum atomic E-state index is -0.519. The van der Waals surface area contributed by atoms with Crippen LogP contribution in [0.5, 0.6) is 0 Å². The molecule has 3 aromatic rings. The van der Waals surface area contributed by atoms with Gasteiger partial charge in [-0.1, -0.05) is 60.2 Å². The van der Waals surface area contributed by atoms with E-state index in [1.165, 1.54) is 11.1 Å². The highest BCUT2D eigenvalue weighted by atomic mass is 16.5. The van der Waals surface area contributed by atoms with Crippen LogP contribution in [0.2, 0.25) is 0 Å². The molecule has 5 heteroatoms. The standard InChI is InChI=1S/C28H31N3O2/c1-21-7-5-8-22(17-21)18-24-19-29-20-25(30-24)26-11-6-14-31(26)27(32)28(12-15-33-16-13-28)23-9-3-2-4-10-23/h2-5,7-10,17,19-20,26H,6,11-16,18H2,1H3. The second-order valence-corrected chi connectivity index (χ2v) is 9.32. The number of amides is 1. The van der Waals surface area contributed by atoms with Crippen LogP contribution in [-0.4, -0.2) is 40.5 Å². The van der Waals surface area contributed by atoms with Gasteiger partial charge in [0.2, 0.25) is 5.91 Å². The smallest absolute Gasteiger partial charge is 0.233 e. The molecule has 1 atom stereocenters. The summed E-state index contributed by atoms with van der Waals surface area (Å²) in [6.45, 7) is 4.10. The van der Waals surface area contributed by atoms with Crippen molar-refractivity contribution in [2.75, 3.05) is 19.8 Å². The second-order valence-electron chi connectivity index (χ2n) is 9.32. The number of carbonyl (C=O) groups is 1. The molecule has 2 aliphatic rings. The first kappa shape index (κ1) is 21.8. The van der Waals surface area contributed by atoms with Gasteiger partial charge in [-0.25, -0.2) is 0 Å². The lowest BCUT2D eigenvalue weighted by Crippen LogP contribution is -2.49. The Balaban J connectivity index is 1.42. The summed E-state index contributed by atoms with van der Waals surface area (Å²) in [5.74, 6) is 0.213. The van der Waals surface area contributed by atoms with Crippen molar-refractivity contribution in [1.29, 1.82) is 0 Å². The van der Waals surface area contributed by atoms with Crippen molar-refractivity contribution in [1.82, 2.24) is 14.9 Å². The summed E-state index contributed by atoms with van der Waals surface area (Å²) in [4.78, 5) is 25.7. The minimum absolute atomic E-state index is 0.0223. The normalized spacial score (nSPS) is 20.0. The highest BCUT2D eigenvalue weighted by Crippen LogP contribution is 2.41. The van der Waals surface area contributed by atoms with E-state index in [2.05, 4.69) is 53.2 Å². The highest BCUT2D eigenvalue weighted by molar-refractivity contribution is 5.89. The van der Waals surface area contributed by atoms with Crippen molar-refractivity contribution in [2.24, 2.45) is 0 Å². The number of nitrogens with zero attached hydrogens (tertiary/aromatic N) is 3. The van der Waals surface area contributed by atoms with Crippen molar-refractivity contribution in [3.63, 3.8) is 0 Å². The fraction of sp³-hybridized carbons (Fsp3) is 0.393. The van der Waals surface area contributed by atoms with Crippen LogP contribution in [0.15, 0.2) is 67.0 Å². The molecule has 2 aliphatic heterocycles. The first-order valence-electron chi connectivity index (χ1n) is 12.0. The van der Waals surface area contributed by atoms with Crippen molar-refractivity contribution in [3.05, 3.63) is 95.1 Å². The molecule has 0 aliphatic carbocycles. The van der Waals surface area contributed by atoms with E-state index < -0.39 is 5.41 Å². The van der Waals surface area contributed by atoms with E-state index in [0.29, 0.717) is 13.2 Å². The number of carbonyl (C=O) groups excluding carboxylic acids is 1. The Labute approximate surface area is 195 Å².